The Morgan fingerprint density at radius 3 is 1.97 bits per heavy atom. The molecule has 37 heavy (non-hydrogen) atoms. The molecule has 9 nitrogen and oxygen atoms in total. The van der Waals surface area contributed by atoms with Gasteiger partial charge in [-0.05, 0) is 55.8 Å². The first kappa shape index (κ1) is 27.7. The summed E-state index contributed by atoms with van der Waals surface area (Å²) in [7, 11) is 1.85. The van der Waals surface area contributed by atoms with Gasteiger partial charge in [0.1, 0.15) is 12.3 Å². The van der Waals surface area contributed by atoms with Crippen molar-refractivity contribution in [3.05, 3.63) is 71.3 Å². The van der Waals surface area contributed by atoms with Crippen LogP contribution >= 0.6 is 0 Å². The maximum atomic E-state index is 13.7. The van der Waals surface area contributed by atoms with Crippen LogP contribution in [0, 0.1) is 13.8 Å². The summed E-state index contributed by atoms with van der Waals surface area (Å²) >= 11 is 0. The summed E-state index contributed by atoms with van der Waals surface area (Å²) in [4.78, 5) is 13.2. The number of hydrogen-bond acceptors (Lipinski definition) is 7. The van der Waals surface area contributed by atoms with Crippen LogP contribution in [-0.4, -0.2) is 49.3 Å². The lowest BCUT2D eigenvalue weighted by Crippen LogP contribution is -2.41. The third-order valence-electron chi connectivity index (χ3n) is 5.76. The molecule has 3 aromatic rings. The Morgan fingerprint density at radius 1 is 0.784 bits per heavy atom. The van der Waals surface area contributed by atoms with Gasteiger partial charge in [0.2, 0.25) is 11.7 Å². The first-order valence-electron chi connectivity index (χ1n) is 11.4. The lowest BCUT2D eigenvalue weighted by atomic mass is 10.1. The van der Waals surface area contributed by atoms with Crippen molar-refractivity contribution in [3.8, 4) is 23.0 Å². The number of ether oxygens (including phenoxy) is 4. The second-order valence-corrected chi connectivity index (χ2v) is 10.1. The predicted molar refractivity (Wildman–Crippen MR) is 141 cm³/mol. The van der Waals surface area contributed by atoms with Crippen LogP contribution in [0.2, 0.25) is 0 Å². The van der Waals surface area contributed by atoms with Crippen LogP contribution in [0.15, 0.2) is 59.5 Å². The van der Waals surface area contributed by atoms with E-state index in [0.29, 0.717) is 28.6 Å². The SMILES string of the molecule is COc1ccc(C)cc1N(CC(=O)NCc1ccc(OC)c(OC)c1OC)S(=O)(=O)c1ccc(C)cc1. The monoisotopic (exact) mass is 528 g/mol. The highest BCUT2D eigenvalue weighted by atomic mass is 32.2. The van der Waals surface area contributed by atoms with Crippen molar-refractivity contribution >= 4 is 21.6 Å². The molecule has 0 saturated heterocycles. The fourth-order valence-corrected chi connectivity index (χ4v) is 5.24. The lowest BCUT2D eigenvalue weighted by Gasteiger charge is -2.26. The Hall–Kier alpha value is -3.92. The van der Waals surface area contributed by atoms with E-state index < -0.39 is 22.5 Å². The summed E-state index contributed by atoms with van der Waals surface area (Å²) in [5, 5.41) is 2.79. The highest BCUT2D eigenvalue weighted by molar-refractivity contribution is 7.92. The molecule has 0 atom stereocenters. The summed E-state index contributed by atoms with van der Waals surface area (Å²) in [6.07, 6.45) is 0. The molecule has 3 aromatic carbocycles. The molecule has 198 valence electrons. The standard InChI is InChI=1S/C27H32N2O7S/c1-18-7-11-21(12-8-18)37(31,32)29(22-15-19(2)9-13-23(22)33-3)17-25(30)28-16-20-10-14-24(34-4)27(36-6)26(20)35-5/h7-15H,16-17H2,1-6H3,(H,28,30). The smallest absolute Gasteiger partial charge is 0.264 e. The Bertz CT molecular complexity index is 1360. The van der Waals surface area contributed by atoms with Gasteiger partial charge in [0.25, 0.3) is 10.0 Å². The third-order valence-corrected chi connectivity index (χ3v) is 7.53. The third kappa shape index (κ3) is 6.08. The molecule has 0 bridgehead atoms. The van der Waals surface area contributed by atoms with Gasteiger partial charge in [-0.15, -0.1) is 0 Å². The topological polar surface area (TPSA) is 103 Å². The molecule has 3 rings (SSSR count). The van der Waals surface area contributed by atoms with Gasteiger partial charge in [-0.2, -0.15) is 0 Å². The van der Waals surface area contributed by atoms with Gasteiger partial charge >= 0.3 is 0 Å². The number of nitrogens with one attached hydrogen (secondary N) is 1. The molecule has 1 amide bonds. The van der Waals surface area contributed by atoms with Crippen molar-refractivity contribution in [3.63, 3.8) is 0 Å². The van der Waals surface area contributed by atoms with Gasteiger partial charge in [0.05, 0.1) is 39.0 Å². The zero-order valence-corrected chi connectivity index (χ0v) is 22.6. The summed E-state index contributed by atoms with van der Waals surface area (Å²) < 4.78 is 50.1. The van der Waals surface area contributed by atoms with E-state index >= 15 is 0 Å². The number of carbonyl (C=O) groups excluding carboxylic acids is 1. The zero-order chi connectivity index (χ0) is 27.2. The number of nitrogens with zero attached hydrogens (tertiary/aromatic N) is 1. The van der Waals surface area contributed by atoms with E-state index in [1.54, 1.807) is 36.4 Å². The molecule has 0 saturated carbocycles. The zero-order valence-electron chi connectivity index (χ0n) is 21.8. The van der Waals surface area contributed by atoms with Gasteiger partial charge in [-0.1, -0.05) is 23.8 Å². The summed E-state index contributed by atoms with van der Waals surface area (Å²) in [5.41, 5.74) is 2.63. The van der Waals surface area contributed by atoms with E-state index in [1.807, 2.05) is 19.9 Å². The average molecular weight is 529 g/mol. The first-order chi connectivity index (χ1) is 17.7. The molecular formula is C27H32N2O7S. The number of anilines is 1. The van der Waals surface area contributed by atoms with E-state index in [1.165, 1.54) is 40.6 Å². The van der Waals surface area contributed by atoms with Crippen molar-refractivity contribution < 1.29 is 32.2 Å². The molecule has 10 heteroatoms. The van der Waals surface area contributed by atoms with Gasteiger partial charge in [-0.25, -0.2) is 8.42 Å². The summed E-state index contributed by atoms with van der Waals surface area (Å²) in [6, 6.07) is 15.1. The number of sulfonamides is 1. The predicted octanol–water partition coefficient (Wildman–Crippen LogP) is 3.85. The highest BCUT2D eigenvalue weighted by Crippen LogP contribution is 2.39. The molecule has 0 heterocycles. The molecule has 0 radical (unpaired) electrons. The van der Waals surface area contributed by atoms with Crippen LogP contribution in [-0.2, 0) is 21.4 Å². The molecule has 0 aliphatic carbocycles. The lowest BCUT2D eigenvalue weighted by molar-refractivity contribution is -0.119. The molecule has 0 spiro atoms. The molecule has 1 N–H and O–H groups in total. The van der Waals surface area contributed by atoms with E-state index in [0.717, 1.165) is 15.4 Å². The average Bonchev–Trinajstić information content (AvgIpc) is 2.89. The van der Waals surface area contributed by atoms with Crippen molar-refractivity contribution in [1.29, 1.82) is 0 Å². The van der Waals surface area contributed by atoms with Crippen molar-refractivity contribution in [1.82, 2.24) is 5.32 Å². The van der Waals surface area contributed by atoms with Gasteiger partial charge in [-0.3, -0.25) is 9.10 Å². The molecule has 0 aliphatic heterocycles. The molecule has 0 unspecified atom stereocenters. The Labute approximate surface area is 218 Å². The van der Waals surface area contributed by atoms with E-state index in [-0.39, 0.29) is 17.1 Å². The van der Waals surface area contributed by atoms with E-state index in [4.69, 9.17) is 18.9 Å². The Kier molecular flexibility index (Phi) is 8.88. The van der Waals surface area contributed by atoms with Crippen LogP contribution in [0.5, 0.6) is 23.0 Å². The second kappa shape index (κ2) is 11.9. The summed E-state index contributed by atoms with van der Waals surface area (Å²) in [5.74, 6) is 1.10. The van der Waals surface area contributed by atoms with Gasteiger partial charge in [0, 0.05) is 12.1 Å². The summed E-state index contributed by atoms with van der Waals surface area (Å²) in [6.45, 7) is 3.31. The van der Waals surface area contributed by atoms with Gasteiger partial charge in [0.15, 0.2) is 11.5 Å². The number of aryl methyl sites for hydroxylation is 2. The van der Waals surface area contributed by atoms with Crippen molar-refractivity contribution in [2.45, 2.75) is 25.3 Å². The van der Waals surface area contributed by atoms with Crippen LogP contribution < -0.4 is 28.6 Å². The number of rotatable bonds is 11. The Morgan fingerprint density at radius 2 is 1.38 bits per heavy atom. The first-order valence-corrected chi connectivity index (χ1v) is 12.9. The van der Waals surface area contributed by atoms with Crippen LogP contribution in [0.3, 0.4) is 0 Å². The minimum Gasteiger partial charge on any atom is -0.495 e. The fourth-order valence-electron chi connectivity index (χ4n) is 3.81. The number of amides is 1. The second-order valence-electron chi connectivity index (χ2n) is 8.27. The normalized spacial score (nSPS) is 11.0. The fraction of sp³-hybridized carbons (Fsp3) is 0.296. The van der Waals surface area contributed by atoms with Crippen LogP contribution in [0.4, 0.5) is 5.69 Å². The quantitative estimate of drug-likeness (QED) is 0.403. The van der Waals surface area contributed by atoms with Crippen molar-refractivity contribution in [2.75, 3.05) is 39.3 Å². The number of methoxy groups -OCH3 is 4. The van der Waals surface area contributed by atoms with Crippen LogP contribution in [0.1, 0.15) is 16.7 Å². The Balaban J connectivity index is 1.95. The van der Waals surface area contributed by atoms with Crippen molar-refractivity contribution in [2.24, 2.45) is 0 Å². The van der Waals surface area contributed by atoms with E-state index in [9.17, 15) is 13.2 Å². The maximum absolute atomic E-state index is 13.7. The minimum atomic E-state index is -4.10. The number of benzene rings is 3. The highest BCUT2D eigenvalue weighted by Gasteiger charge is 2.30. The van der Waals surface area contributed by atoms with E-state index in [2.05, 4.69) is 5.32 Å². The molecule has 0 fully saturated rings. The molecule has 0 aliphatic rings. The molecular weight excluding hydrogens is 496 g/mol. The number of hydrogen-bond donors (Lipinski definition) is 1. The van der Waals surface area contributed by atoms with Gasteiger partial charge < -0.3 is 24.3 Å². The molecule has 0 aromatic heterocycles. The maximum Gasteiger partial charge on any atom is 0.264 e. The van der Waals surface area contributed by atoms with Crippen LogP contribution in [0.25, 0.3) is 0 Å². The number of carbonyl (C=O) groups is 1. The largest absolute Gasteiger partial charge is 0.495 e. The minimum absolute atomic E-state index is 0.0658.